The van der Waals surface area contributed by atoms with Gasteiger partial charge in [-0.15, -0.1) is 11.3 Å². The second-order valence-electron chi connectivity index (χ2n) is 5.34. The van der Waals surface area contributed by atoms with Crippen molar-refractivity contribution in [1.29, 1.82) is 0 Å². The van der Waals surface area contributed by atoms with E-state index in [1.54, 1.807) is 31.2 Å². The smallest absolute Gasteiger partial charge is 0.326 e. The van der Waals surface area contributed by atoms with Crippen molar-refractivity contribution in [2.24, 2.45) is 0 Å². The minimum atomic E-state index is -1.08. The van der Waals surface area contributed by atoms with Gasteiger partial charge in [-0.25, -0.2) is 4.79 Å². The number of aliphatic carboxylic acids is 1. The van der Waals surface area contributed by atoms with Gasteiger partial charge in [-0.05, 0) is 37.6 Å². The van der Waals surface area contributed by atoms with Gasteiger partial charge in [0.25, 0.3) is 5.91 Å². The van der Waals surface area contributed by atoms with Crippen molar-refractivity contribution in [3.05, 3.63) is 34.5 Å². The highest BCUT2D eigenvalue weighted by Gasteiger charge is 2.36. The van der Waals surface area contributed by atoms with Crippen LogP contribution in [0.5, 0.6) is 0 Å². The number of nitrogens with zero attached hydrogens (tertiary/aromatic N) is 1. The van der Waals surface area contributed by atoms with E-state index in [2.05, 4.69) is 5.32 Å². The molecule has 2 amide bonds. The van der Waals surface area contributed by atoms with Crippen LogP contribution < -0.4 is 5.32 Å². The SMILES string of the molecule is C/C=C/CC(NC(=O)C1CCCN1C(=O)c1cccs1)C(=O)O. The Balaban J connectivity index is 2.05. The summed E-state index contributed by atoms with van der Waals surface area (Å²) in [6, 6.07) is 1.95. The summed E-state index contributed by atoms with van der Waals surface area (Å²) in [5.41, 5.74) is 0. The molecule has 2 N–H and O–H groups in total. The molecule has 0 radical (unpaired) electrons. The molecule has 1 aromatic rings. The standard InChI is InChI=1S/C16H20N2O4S/c1-2-3-6-11(16(21)22)17-14(19)12-7-4-9-18(12)15(20)13-8-5-10-23-13/h2-3,5,8,10-12H,4,6-7,9H2,1H3,(H,17,19)(H,21,22)/b3-2+. The van der Waals surface area contributed by atoms with Gasteiger partial charge in [0.2, 0.25) is 5.91 Å². The van der Waals surface area contributed by atoms with E-state index in [1.807, 2.05) is 5.38 Å². The lowest BCUT2D eigenvalue weighted by molar-refractivity contribution is -0.142. The summed E-state index contributed by atoms with van der Waals surface area (Å²) in [5, 5.41) is 13.5. The number of nitrogens with one attached hydrogen (secondary N) is 1. The summed E-state index contributed by atoms with van der Waals surface area (Å²) in [7, 11) is 0. The molecule has 0 aromatic carbocycles. The van der Waals surface area contributed by atoms with Crippen LogP contribution in [-0.4, -0.2) is 46.4 Å². The number of likely N-dealkylation sites (tertiary alicyclic amines) is 1. The summed E-state index contributed by atoms with van der Waals surface area (Å²) >= 11 is 1.34. The largest absolute Gasteiger partial charge is 0.480 e. The molecular weight excluding hydrogens is 316 g/mol. The van der Waals surface area contributed by atoms with Crippen LogP contribution in [0.4, 0.5) is 0 Å². The first-order valence-electron chi connectivity index (χ1n) is 7.53. The van der Waals surface area contributed by atoms with Crippen molar-refractivity contribution in [3.8, 4) is 0 Å². The summed E-state index contributed by atoms with van der Waals surface area (Å²) in [6.07, 6.45) is 4.95. The van der Waals surface area contributed by atoms with E-state index in [0.717, 1.165) is 6.42 Å². The normalized spacial score (nSPS) is 19.0. The van der Waals surface area contributed by atoms with Crippen molar-refractivity contribution in [2.75, 3.05) is 6.54 Å². The summed E-state index contributed by atoms with van der Waals surface area (Å²) in [5.74, 6) is -1.65. The summed E-state index contributed by atoms with van der Waals surface area (Å²) < 4.78 is 0. The Hall–Kier alpha value is -2.15. The van der Waals surface area contributed by atoms with Crippen molar-refractivity contribution in [1.82, 2.24) is 10.2 Å². The number of hydrogen-bond donors (Lipinski definition) is 2. The van der Waals surface area contributed by atoms with Gasteiger partial charge in [0.1, 0.15) is 12.1 Å². The lowest BCUT2D eigenvalue weighted by atomic mass is 10.1. The van der Waals surface area contributed by atoms with Crippen LogP contribution in [0, 0.1) is 0 Å². The highest BCUT2D eigenvalue weighted by Crippen LogP contribution is 2.22. The van der Waals surface area contributed by atoms with E-state index >= 15 is 0 Å². The Labute approximate surface area is 138 Å². The van der Waals surface area contributed by atoms with Gasteiger partial charge in [-0.1, -0.05) is 18.2 Å². The predicted octanol–water partition coefficient (Wildman–Crippen LogP) is 1.89. The summed E-state index contributed by atoms with van der Waals surface area (Å²) in [6.45, 7) is 2.31. The quantitative estimate of drug-likeness (QED) is 0.777. The van der Waals surface area contributed by atoms with E-state index in [9.17, 15) is 19.5 Å². The topological polar surface area (TPSA) is 86.7 Å². The first kappa shape index (κ1) is 17.2. The molecule has 0 bridgehead atoms. The zero-order valence-corrected chi connectivity index (χ0v) is 13.7. The molecular formula is C16H20N2O4S. The molecule has 1 aliphatic heterocycles. The fourth-order valence-corrected chi connectivity index (χ4v) is 3.26. The van der Waals surface area contributed by atoms with Gasteiger partial charge in [0, 0.05) is 6.54 Å². The zero-order valence-electron chi connectivity index (χ0n) is 12.9. The number of carbonyl (C=O) groups is 3. The Morgan fingerprint density at radius 1 is 1.52 bits per heavy atom. The molecule has 1 aromatic heterocycles. The molecule has 6 nitrogen and oxygen atoms in total. The molecule has 0 saturated carbocycles. The molecule has 1 saturated heterocycles. The number of allylic oxidation sites excluding steroid dienone is 1. The average Bonchev–Trinajstić information content (AvgIpc) is 3.21. The molecule has 0 aliphatic carbocycles. The third kappa shape index (κ3) is 4.19. The predicted molar refractivity (Wildman–Crippen MR) is 87.4 cm³/mol. The Bertz CT molecular complexity index is 597. The minimum Gasteiger partial charge on any atom is -0.480 e. The molecule has 2 atom stereocenters. The molecule has 2 rings (SSSR count). The van der Waals surface area contributed by atoms with Crippen LogP contribution in [0.3, 0.4) is 0 Å². The van der Waals surface area contributed by atoms with Crippen molar-refractivity contribution in [3.63, 3.8) is 0 Å². The van der Waals surface area contributed by atoms with Crippen molar-refractivity contribution in [2.45, 2.75) is 38.3 Å². The minimum absolute atomic E-state index is 0.169. The van der Waals surface area contributed by atoms with Crippen LogP contribution in [0.1, 0.15) is 35.9 Å². The van der Waals surface area contributed by atoms with Crippen molar-refractivity contribution < 1.29 is 19.5 Å². The van der Waals surface area contributed by atoms with Gasteiger partial charge in [-0.2, -0.15) is 0 Å². The molecule has 124 valence electrons. The van der Waals surface area contributed by atoms with Gasteiger partial charge in [0.15, 0.2) is 0 Å². The lowest BCUT2D eigenvalue weighted by Gasteiger charge is -2.24. The van der Waals surface area contributed by atoms with E-state index in [1.165, 1.54) is 16.2 Å². The number of carboxylic acid groups (broad SMARTS) is 1. The van der Waals surface area contributed by atoms with Crippen molar-refractivity contribution >= 4 is 29.1 Å². The molecule has 2 heterocycles. The summed E-state index contributed by atoms with van der Waals surface area (Å²) in [4.78, 5) is 38.2. The molecule has 2 unspecified atom stereocenters. The van der Waals surface area contributed by atoms with E-state index in [-0.39, 0.29) is 12.3 Å². The van der Waals surface area contributed by atoms with Crippen LogP contribution in [0.15, 0.2) is 29.7 Å². The third-order valence-electron chi connectivity index (χ3n) is 3.77. The second kappa shape index (κ2) is 7.92. The average molecular weight is 336 g/mol. The highest BCUT2D eigenvalue weighted by molar-refractivity contribution is 7.12. The van der Waals surface area contributed by atoms with Crippen LogP contribution in [0.25, 0.3) is 0 Å². The Kier molecular flexibility index (Phi) is 5.92. The maximum Gasteiger partial charge on any atom is 0.326 e. The van der Waals surface area contributed by atoms with E-state index in [4.69, 9.17) is 0 Å². The monoisotopic (exact) mass is 336 g/mol. The molecule has 23 heavy (non-hydrogen) atoms. The molecule has 1 fully saturated rings. The molecule has 7 heteroatoms. The molecule has 1 aliphatic rings. The molecule has 0 spiro atoms. The second-order valence-corrected chi connectivity index (χ2v) is 6.29. The number of carboxylic acids is 1. The van der Waals surface area contributed by atoms with E-state index in [0.29, 0.717) is 17.8 Å². The fourth-order valence-electron chi connectivity index (χ4n) is 2.59. The fraction of sp³-hybridized carbons (Fsp3) is 0.438. The number of amides is 2. The zero-order chi connectivity index (χ0) is 16.8. The highest BCUT2D eigenvalue weighted by atomic mass is 32.1. The number of rotatable bonds is 6. The van der Waals surface area contributed by atoms with Crippen LogP contribution in [0.2, 0.25) is 0 Å². The lowest BCUT2D eigenvalue weighted by Crippen LogP contribution is -2.50. The first-order chi connectivity index (χ1) is 11.0. The number of thiophene rings is 1. The maximum atomic E-state index is 12.4. The van der Waals surface area contributed by atoms with Crippen LogP contribution >= 0.6 is 11.3 Å². The Morgan fingerprint density at radius 3 is 2.91 bits per heavy atom. The van der Waals surface area contributed by atoms with Gasteiger partial charge in [0.05, 0.1) is 4.88 Å². The van der Waals surface area contributed by atoms with E-state index < -0.39 is 24.0 Å². The van der Waals surface area contributed by atoms with Gasteiger partial charge < -0.3 is 15.3 Å². The Morgan fingerprint density at radius 2 is 2.30 bits per heavy atom. The first-order valence-corrected chi connectivity index (χ1v) is 8.41. The van der Waals surface area contributed by atoms with Gasteiger partial charge in [-0.3, -0.25) is 9.59 Å². The van der Waals surface area contributed by atoms with Crippen LogP contribution in [-0.2, 0) is 9.59 Å². The third-order valence-corrected chi connectivity index (χ3v) is 4.63. The number of carbonyl (C=O) groups excluding carboxylic acids is 2. The number of hydrogen-bond acceptors (Lipinski definition) is 4. The van der Waals surface area contributed by atoms with Gasteiger partial charge >= 0.3 is 5.97 Å². The maximum absolute atomic E-state index is 12.4.